The summed E-state index contributed by atoms with van der Waals surface area (Å²) < 4.78 is 9.50. The number of rotatable bonds is 12. The molecule has 62 heavy (non-hydrogen) atoms. The van der Waals surface area contributed by atoms with E-state index in [2.05, 4.69) is 244 Å². The SMILES string of the molecule is CCN(CC)B(Br)c1n(-c2c(C)cc(C)cc2C)cc[n+]1-c1c(C)cc(C)cc1C.CCN(CC)B(Br)c1n(-c2c(C)cc(C)cc2C)cc[n+]1-c1c(C)cc(C)cc1C.[Br-].[Br-]. The van der Waals surface area contributed by atoms with Crippen LogP contribution in [-0.4, -0.2) is 56.3 Å². The average Bonchev–Trinajstić information content (AvgIpc) is 3.76. The van der Waals surface area contributed by atoms with Gasteiger partial charge in [-0.25, -0.2) is 18.3 Å². The monoisotopic (exact) mass is 1090 g/mol. The van der Waals surface area contributed by atoms with Crippen molar-refractivity contribution in [2.45, 2.75) is 111 Å². The first-order valence-corrected chi connectivity index (χ1v) is 23.6. The number of aromatic nitrogens is 4. The highest BCUT2D eigenvalue weighted by Gasteiger charge is 2.38. The Balaban J connectivity index is 0.000000320. The van der Waals surface area contributed by atoms with Crippen molar-refractivity contribution in [1.29, 1.82) is 0 Å². The Bertz CT molecular complexity index is 2070. The number of halogens is 4. The summed E-state index contributed by atoms with van der Waals surface area (Å²) in [4.78, 5) is 4.89. The van der Waals surface area contributed by atoms with Gasteiger partial charge in [0.25, 0.3) is 0 Å². The van der Waals surface area contributed by atoms with Crippen molar-refractivity contribution in [1.82, 2.24) is 18.8 Å². The zero-order valence-corrected chi connectivity index (χ0v) is 46.5. The maximum absolute atomic E-state index is 4.06. The molecule has 2 aromatic heterocycles. The van der Waals surface area contributed by atoms with Gasteiger partial charge in [-0.15, -0.1) is 31.5 Å². The van der Waals surface area contributed by atoms with E-state index in [9.17, 15) is 0 Å². The lowest BCUT2D eigenvalue weighted by Crippen LogP contribution is -3.00. The molecular formula is C50H68B2Br4N6. The topological polar surface area (TPSA) is 24.1 Å². The van der Waals surface area contributed by atoms with E-state index < -0.39 is 0 Å². The second-order valence-corrected chi connectivity index (χ2v) is 18.6. The van der Waals surface area contributed by atoms with Gasteiger partial charge >= 0.3 is 11.3 Å². The Labute approximate surface area is 412 Å². The van der Waals surface area contributed by atoms with Crippen LogP contribution in [0.15, 0.2) is 73.3 Å². The molecule has 0 fully saturated rings. The van der Waals surface area contributed by atoms with Crippen molar-refractivity contribution in [2.24, 2.45) is 0 Å². The van der Waals surface area contributed by atoms with Crippen molar-refractivity contribution in [3.63, 3.8) is 0 Å². The first-order chi connectivity index (χ1) is 28.4. The molecule has 0 radical (unpaired) electrons. The Kier molecular flexibility index (Phi) is 19.8. The smallest absolute Gasteiger partial charge is 0.440 e. The Hall–Kier alpha value is -2.73. The molecule has 0 saturated carbocycles. The van der Waals surface area contributed by atoms with Crippen LogP contribution in [0.2, 0.25) is 0 Å². The van der Waals surface area contributed by atoms with Gasteiger partial charge in [-0.1, -0.05) is 98.5 Å². The van der Waals surface area contributed by atoms with Gasteiger partial charge in [0.05, 0.1) is 0 Å². The van der Waals surface area contributed by atoms with E-state index in [0.29, 0.717) is 0 Å². The van der Waals surface area contributed by atoms with Gasteiger partial charge in [-0.05, 0) is 154 Å². The Morgan fingerprint density at radius 2 is 0.645 bits per heavy atom. The van der Waals surface area contributed by atoms with Gasteiger partial charge in [0.15, 0.2) is 0 Å². The number of benzene rings is 4. The highest BCUT2D eigenvalue weighted by Crippen LogP contribution is 2.25. The molecule has 6 nitrogen and oxygen atoms in total. The van der Waals surface area contributed by atoms with Gasteiger partial charge in [-0.3, -0.25) is 0 Å². The van der Waals surface area contributed by atoms with E-state index >= 15 is 0 Å². The lowest BCUT2D eigenvalue weighted by molar-refractivity contribution is -0.577. The zero-order valence-electron chi connectivity index (χ0n) is 40.1. The van der Waals surface area contributed by atoms with Crippen LogP contribution in [0.25, 0.3) is 22.7 Å². The molecule has 0 unspecified atom stereocenters. The summed E-state index contributed by atoms with van der Waals surface area (Å²) in [6.07, 6.45) is 8.87. The second-order valence-electron chi connectivity index (χ2n) is 16.9. The summed E-state index contributed by atoms with van der Waals surface area (Å²) in [5.74, 6) is 0. The maximum atomic E-state index is 4.06. The van der Waals surface area contributed by atoms with Gasteiger partial charge in [-0.2, -0.15) is 0 Å². The van der Waals surface area contributed by atoms with Crippen molar-refractivity contribution < 1.29 is 43.1 Å². The lowest BCUT2D eigenvalue weighted by Gasteiger charge is -2.22. The zero-order chi connectivity index (χ0) is 44.3. The van der Waals surface area contributed by atoms with Crippen LogP contribution in [0.5, 0.6) is 0 Å². The largest absolute Gasteiger partial charge is 1.00 e. The maximum Gasteiger partial charge on any atom is 0.440 e. The fraction of sp³-hybridized carbons (Fsp3) is 0.400. The quantitative estimate of drug-likeness (QED) is 0.137. The van der Waals surface area contributed by atoms with E-state index in [1.807, 2.05) is 0 Å². The van der Waals surface area contributed by atoms with Crippen LogP contribution < -0.4 is 54.5 Å². The third-order valence-electron chi connectivity index (χ3n) is 11.9. The molecule has 6 rings (SSSR count). The molecule has 0 aliphatic carbocycles. The minimum absolute atomic E-state index is 0. The molecule has 0 N–H and O–H groups in total. The molecule has 0 saturated heterocycles. The van der Waals surface area contributed by atoms with Gasteiger partial charge in [0, 0.05) is 0 Å². The summed E-state index contributed by atoms with van der Waals surface area (Å²) in [6.45, 7) is 39.2. The van der Waals surface area contributed by atoms with Crippen molar-refractivity contribution >= 4 is 54.3 Å². The van der Waals surface area contributed by atoms with E-state index in [4.69, 9.17) is 0 Å². The highest BCUT2D eigenvalue weighted by molar-refractivity contribution is 9.25. The average molecular weight is 1090 g/mol. The van der Waals surface area contributed by atoms with E-state index in [1.54, 1.807) is 0 Å². The van der Waals surface area contributed by atoms with E-state index in [-0.39, 0.29) is 45.3 Å². The third-order valence-corrected chi connectivity index (χ3v) is 13.9. The molecule has 12 heteroatoms. The van der Waals surface area contributed by atoms with Crippen molar-refractivity contribution in [3.05, 3.63) is 140 Å². The number of hydrogen-bond acceptors (Lipinski definition) is 2. The molecular weight excluding hydrogens is 1030 g/mol. The van der Waals surface area contributed by atoms with Crippen LogP contribution >= 0.6 is 31.5 Å². The first kappa shape index (κ1) is 53.6. The molecule has 0 amide bonds. The highest BCUT2D eigenvalue weighted by atomic mass is 79.9. The number of nitrogens with zero attached hydrogens (tertiary/aromatic N) is 6. The molecule has 0 spiro atoms. The summed E-state index contributed by atoms with van der Waals surface area (Å²) in [5, 5.41) is 0. The van der Waals surface area contributed by atoms with Crippen molar-refractivity contribution in [3.8, 4) is 22.7 Å². The summed E-state index contributed by atoms with van der Waals surface area (Å²) in [6, 6.07) is 18.2. The van der Waals surface area contributed by atoms with Crippen LogP contribution in [0.1, 0.15) is 94.5 Å². The second kappa shape index (κ2) is 22.9. The summed E-state index contributed by atoms with van der Waals surface area (Å²) >= 11 is 8.12. The molecule has 332 valence electrons. The fourth-order valence-corrected chi connectivity index (χ4v) is 11.7. The lowest BCUT2D eigenvalue weighted by atomic mass is 9.87. The van der Waals surface area contributed by atoms with Gasteiger partial charge in [0.2, 0.25) is 11.4 Å². The minimum atomic E-state index is 0. The molecule has 2 heterocycles. The summed E-state index contributed by atoms with van der Waals surface area (Å²) in [5.41, 5.74) is 23.4. The van der Waals surface area contributed by atoms with Crippen molar-refractivity contribution in [2.75, 3.05) is 26.2 Å². The third kappa shape index (κ3) is 11.2. The predicted octanol–water partition coefficient (Wildman–Crippen LogP) is 4.08. The van der Waals surface area contributed by atoms with E-state index in [1.165, 1.54) is 101 Å². The van der Waals surface area contributed by atoms with Crippen LogP contribution in [0.3, 0.4) is 0 Å². The van der Waals surface area contributed by atoms with Crippen LogP contribution in [0, 0.1) is 83.1 Å². The van der Waals surface area contributed by atoms with Gasteiger partial charge < -0.3 is 43.6 Å². The molecule has 0 bridgehead atoms. The first-order valence-electron chi connectivity index (χ1n) is 21.7. The number of aryl methyl sites for hydroxylation is 12. The molecule has 0 aliphatic rings. The van der Waals surface area contributed by atoms with E-state index in [0.717, 1.165) is 26.2 Å². The van der Waals surface area contributed by atoms with Crippen LogP contribution in [-0.2, 0) is 0 Å². The molecule has 0 aliphatic heterocycles. The Morgan fingerprint density at radius 1 is 0.419 bits per heavy atom. The minimum Gasteiger partial charge on any atom is -1.00 e. The normalized spacial score (nSPS) is 11.0. The number of imidazole rings is 2. The molecule has 4 aromatic carbocycles. The predicted molar refractivity (Wildman–Crippen MR) is 266 cm³/mol. The molecule has 6 aromatic rings. The fourth-order valence-electron chi connectivity index (χ4n) is 9.64. The Morgan fingerprint density at radius 3 is 0.871 bits per heavy atom. The van der Waals surface area contributed by atoms with Gasteiger partial charge in [0.1, 0.15) is 47.5 Å². The summed E-state index contributed by atoms with van der Waals surface area (Å²) in [7, 11) is 0. The van der Waals surface area contributed by atoms with Crippen LogP contribution in [0.4, 0.5) is 0 Å². The standard InChI is InChI=1S/2C25H34BBrN3.2BrH/c2*1-9-28(10-2)26(27)25-29(23-19(5)13-17(3)14-20(23)6)11-12-30(25)24-21(7)15-18(4)16-22(24)8;;/h2*11-16H,9-10H2,1-8H3;2*1H/q2*+1;;/p-2. The number of hydrogen-bond donors (Lipinski definition) is 0. The molecule has 0 atom stereocenters.